The third kappa shape index (κ3) is 4.12. The van der Waals surface area contributed by atoms with Gasteiger partial charge in [0.05, 0.1) is 5.75 Å². The Balaban J connectivity index is 2.59. The number of amides is 1. The van der Waals surface area contributed by atoms with E-state index in [0.717, 1.165) is 23.0 Å². The second-order valence-corrected chi connectivity index (χ2v) is 4.61. The molecule has 0 aromatic heterocycles. The summed E-state index contributed by atoms with van der Waals surface area (Å²) >= 11 is 6.79. The SMILES string of the molecule is Cc1cc(Cl)ccc1NC(=O)CSC(=N)N. The maximum atomic E-state index is 11.4. The molecule has 0 bridgehead atoms. The maximum absolute atomic E-state index is 11.4. The molecule has 0 unspecified atom stereocenters. The standard InChI is InChI=1S/C10H12ClN3OS/c1-6-4-7(11)2-3-8(6)14-9(15)5-16-10(12)13/h2-4H,5H2,1H3,(H3,12,13)(H,14,15). The van der Waals surface area contributed by atoms with E-state index in [0.29, 0.717) is 5.02 Å². The smallest absolute Gasteiger partial charge is 0.234 e. The fraction of sp³-hybridized carbons (Fsp3) is 0.200. The fourth-order valence-electron chi connectivity index (χ4n) is 1.10. The number of anilines is 1. The summed E-state index contributed by atoms with van der Waals surface area (Å²) in [5, 5.41) is 10.3. The van der Waals surface area contributed by atoms with Gasteiger partial charge in [0.2, 0.25) is 5.91 Å². The summed E-state index contributed by atoms with van der Waals surface area (Å²) < 4.78 is 0. The molecule has 16 heavy (non-hydrogen) atoms. The molecule has 6 heteroatoms. The molecule has 1 amide bonds. The first kappa shape index (κ1) is 12.9. The number of carbonyl (C=O) groups is 1. The number of nitrogens with two attached hydrogens (primary N) is 1. The lowest BCUT2D eigenvalue weighted by molar-refractivity contribution is -0.113. The van der Waals surface area contributed by atoms with Crippen LogP contribution in [0.25, 0.3) is 0 Å². The lowest BCUT2D eigenvalue weighted by Gasteiger charge is -2.08. The van der Waals surface area contributed by atoms with E-state index < -0.39 is 0 Å². The molecule has 0 heterocycles. The van der Waals surface area contributed by atoms with Crippen LogP contribution in [-0.4, -0.2) is 16.8 Å². The van der Waals surface area contributed by atoms with Gasteiger partial charge in [-0.2, -0.15) is 0 Å². The van der Waals surface area contributed by atoms with E-state index in [1.807, 2.05) is 6.92 Å². The van der Waals surface area contributed by atoms with Crippen molar-refractivity contribution in [1.29, 1.82) is 5.41 Å². The highest BCUT2D eigenvalue weighted by Crippen LogP contribution is 2.19. The number of thioether (sulfide) groups is 1. The predicted octanol–water partition coefficient (Wildman–Crippen LogP) is 2.21. The summed E-state index contributed by atoms with van der Waals surface area (Å²) in [7, 11) is 0. The third-order valence-corrected chi connectivity index (χ3v) is 2.77. The lowest BCUT2D eigenvalue weighted by Crippen LogP contribution is -2.17. The highest BCUT2D eigenvalue weighted by Gasteiger charge is 2.05. The van der Waals surface area contributed by atoms with E-state index in [1.54, 1.807) is 18.2 Å². The topological polar surface area (TPSA) is 79.0 Å². The van der Waals surface area contributed by atoms with Gasteiger partial charge in [0.15, 0.2) is 5.17 Å². The van der Waals surface area contributed by atoms with Gasteiger partial charge in [-0.25, -0.2) is 0 Å². The summed E-state index contributed by atoms with van der Waals surface area (Å²) in [5.74, 6) is -0.0529. The molecule has 0 saturated heterocycles. The number of carbonyl (C=O) groups excluding carboxylic acids is 1. The van der Waals surface area contributed by atoms with Gasteiger partial charge in [-0.05, 0) is 30.7 Å². The minimum atomic E-state index is -0.189. The van der Waals surface area contributed by atoms with E-state index in [2.05, 4.69) is 5.32 Å². The van der Waals surface area contributed by atoms with Crippen LogP contribution in [0.1, 0.15) is 5.56 Å². The molecule has 1 aromatic carbocycles. The Morgan fingerprint density at radius 1 is 1.62 bits per heavy atom. The molecular formula is C10H12ClN3OS. The molecule has 0 aliphatic heterocycles. The quantitative estimate of drug-likeness (QED) is 0.574. The summed E-state index contributed by atoms with van der Waals surface area (Å²) in [4.78, 5) is 11.4. The van der Waals surface area contributed by atoms with Crippen LogP contribution in [0.3, 0.4) is 0 Å². The second kappa shape index (κ2) is 5.77. The Hall–Kier alpha value is -1.20. The first-order valence-electron chi connectivity index (χ1n) is 4.52. The van der Waals surface area contributed by atoms with Crippen LogP contribution in [-0.2, 0) is 4.79 Å². The number of aryl methyl sites for hydroxylation is 1. The molecule has 86 valence electrons. The summed E-state index contributed by atoms with van der Waals surface area (Å²) in [6, 6.07) is 5.23. The normalized spacial score (nSPS) is 9.88. The number of hydrogen-bond donors (Lipinski definition) is 3. The van der Waals surface area contributed by atoms with Crippen molar-refractivity contribution in [3.8, 4) is 0 Å². The van der Waals surface area contributed by atoms with Crippen molar-refractivity contribution < 1.29 is 4.79 Å². The summed E-state index contributed by atoms with van der Waals surface area (Å²) in [5.41, 5.74) is 6.75. The zero-order valence-electron chi connectivity index (χ0n) is 8.71. The molecule has 4 nitrogen and oxygen atoms in total. The average Bonchev–Trinajstić information content (AvgIpc) is 2.19. The third-order valence-electron chi connectivity index (χ3n) is 1.82. The van der Waals surface area contributed by atoms with Gasteiger partial charge >= 0.3 is 0 Å². The van der Waals surface area contributed by atoms with Crippen molar-refractivity contribution in [2.45, 2.75) is 6.92 Å². The largest absolute Gasteiger partial charge is 0.379 e. The highest BCUT2D eigenvalue weighted by atomic mass is 35.5. The number of benzene rings is 1. The van der Waals surface area contributed by atoms with Crippen molar-refractivity contribution in [2.24, 2.45) is 5.73 Å². The molecule has 0 spiro atoms. The Morgan fingerprint density at radius 3 is 2.88 bits per heavy atom. The van der Waals surface area contributed by atoms with Crippen molar-refractivity contribution in [3.63, 3.8) is 0 Å². The monoisotopic (exact) mass is 257 g/mol. The van der Waals surface area contributed by atoms with Crippen LogP contribution >= 0.6 is 23.4 Å². The Labute approximate surface area is 103 Å². The van der Waals surface area contributed by atoms with Crippen molar-refractivity contribution in [1.82, 2.24) is 0 Å². The zero-order valence-corrected chi connectivity index (χ0v) is 10.3. The maximum Gasteiger partial charge on any atom is 0.234 e. The van der Waals surface area contributed by atoms with Crippen molar-refractivity contribution in [2.75, 3.05) is 11.1 Å². The number of hydrogen-bond acceptors (Lipinski definition) is 3. The van der Waals surface area contributed by atoms with E-state index in [4.69, 9.17) is 22.7 Å². The Kier molecular flexibility index (Phi) is 4.64. The van der Waals surface area contributed by atoms with Gasteiger partial charge in [-0.3, -0.25) is 10.2 Å². The van der Waals surface area contributed by atoms with E-state index >= 15 is 0 Å². The van der Waals surface area contributed by atoms with Crippen molar-refractivity contribution >= 4 is 40.1 Å². The molecule has 0 atom stereocenters. The van der Waals surface area contributed by atoms with E-state index in [9.17, 15) is 4.79 Å². The number of halogens is 1. The Bertz CT molecular complexity index is 423. The number of rotatable bonds is 3. The van der Waals surface area contributed by atoms with Crippen LogP contribution in [0, 0.1) is 12.3 Å². The highest BCUT2D eigenvalue weighted by molar-refractivity contribution is 8.14. The first-order chi connectivity index (χ1) is 7.49. The van der Waals surface area contributed by atoms with Crippen LogP contribution in [0.15, 0.2) is 18.2 Å². The molecule has 0 fully saturated rings. The predicted molar refractivity (Wildman–Crippen MR) is 69.2 cm³/mol. The van der Waals surface area contributed by atoms with Crippen molar-refractivity contribution in [3.05, 3.63) is 28.8 Å². The summed E-state index contributed by atoms with van der Waals surface area (Å²) in [6.45, 7) is 1.86. The molecule has 1 aromatic rings. The van der Waals surface area contributed by atoms with Gasteiger partial charge in [0.25, 0.3) is 0 Å². The fourth-order valence-corrected chi connectivity index (χ4v) is 1.68. The summed E-state index contributed by atoms with van der Waals surface area (Å²) in [6.07, 6.45) is 0. The van der Waals surface area contributed by atoms with Gasteiger partial charge < -0.3 is 11.1 Å². The molecule has 4 N–H and O–H groups in total. The lowest BCUT2D eigenvalue weighted by atomic mass is 10.2. The van der Waals surface area contributed by atoms with Crippen LogP contribution in [0.4, 0.5) is 5.69 Å². The molecule has 1 rings (SSSR count). The zero-order chi connectivity index (χ0) is 12.1. The Morgan fingerprint density at radius 2 is 2.31 bits per heavy atom. The van der Waals surface area contributed by atoms with Crippen LogP contribution in [0.5, 0.6) is 0 Å². The average molecular weight is 258 g/mol. The van der Waals surface area contributed by atoms with Gasteiger partial charge in [-0.1, -0.05) is 23.4 Å². The van der Waals surface area contributed by atoms with E-state index in [1.165, 1.54) is 0 Å². The van der Waals surface area contributed by atoms with Crippen LogP contribution < -0.4 is 11.1 Å². The molecule has 0 aliphatic rings. The van der Waals surface area contributed by atoms with Crippen LogP contribution in [0.2, 0.25) is 5.02 Å². The van der Waals surface area contributed by atoms with Gasteiger partial charge in [-0.15, -0.1) is 0 Å². The van der Waals surface area contributed by atoms with E-state index in [-0.39, 0.29) is 16.8 Å². The second-order valence-electron chi connectivity index (χ2n) is 3.16. The number of nitrogens with one attached hydrogen (secondary N) is 2. The van der Waals surface area contributed by atoms with Gasteiger partial charge in [0, 0.05) is 10.7 Å². The number of amidine groups is 1. The first-order valence-corrected chi connectivity index (χ1v) is 5.88. The minimum absolute atomic E-state index is 0.0667. The molecule has 0 aliphatic carbocycles. The molecular weight excluding hydrogens is 246 g/mol. The van der Waals surface area contributed by atoms with Gasteiger partial charge in [0.1, 0.15) is 0 Å². The minimum Gasteiger partial charge on any atom is -0.379 e. The molecule has 0 saturated carbocycles. The molecule has 0 radical (unpaired) electrons.